The number of carbonyl (C=O) groups is 1. The summed E-state index contributed by atoms with van der Waals surface area (Å²) in [4.78, 5) is 16.4. The first-order valence-electron chi connectivity index (χ1n) is 6.68. The summed E-state index contributed by atoms with van der Waals surface area (Å²) < 4.78 is 5.59. The van der Waals surface area contributed by atoms with Crippen molar-refractivity contribution in [3.63, 3.8) is 0 Å². The van der Waals surface area contributed by atoms with Crippen molar-refractivity contribution >= 4 is 17.2 Å². The Labute approximate surface area is 127 Å². The third-order valence-corrected chi connectivity index (χ3v) is 4.04. The summed E-state index contributed by atoms with van der Waals surface area (Å²) in [5.74, 6) is 0.922. The number of thiophene rings is 1. The Morgan fingerprint density at radius 1 is 1.62 bits per heavy atom. The van der Waals surface area contributed by atoms with E-state index in [1.54, 1.807) is 25.2 Å². The van der Waals surface area contributed by atoms with Crippen molar-refractivity contribution in [2.24, 2.45) is 0 Å². The molecule has 110 valence electrons. The van der Waals surface area contributed by atoms with Gasteiger partial charge in [0.25, 0.3) is 0 Å². The van der Waals surface area contributed by atoms with Crippen molar-refractivity contribution in [2.75, 3.05) is 0 Å². The second-order valence-electron chi connectivity index (χ2n) is 5.06. The molecule has 1 unspecified atom stereocenters. The topological polar surface area (TPSA) is 78.9 Å². The predicted octanol–water partition coefficient (Wildman–Crippen LogP) is 3.06. The number of aromatic nitrogens is 1. The monoisotopic (exact) mass is 303 g/mol. The Hall–Kier alpha value is -2.13. The summed E-state index contributed by atoms with van der Waals surface area (Å²) in [6.07, 6.45) is 0.657. The lowest BCUT2D eigenvalue weighted by atomic mass is 10.0. The Morgan fingerprint density at radius 3 is 2.95 bits per heavy atom. The molecule has 0 aromatic carbocycles. The van der Waals surface area contributed by atoms with Crippen molar-refractivity contribution in [2.45, 2.75) is 39.2 Å². The quantitative estimate of drug-likeness (QED) is 0.920. The zero-order valence-corrected chi connectivity index (χ0v) is 13.1. The molecule has 0 aliphatic rings. The molecule has 0 saturated carbocycles. The molecule has 1 atom stereocenters. The van der Waals surface area contributed by atoms with Crippen LogP contribution in [0, 0.1) is 18.3 Å². The molecule has 5 nitrogen and oxygen atoms in total. The summed E-state index contributed by atoms with van der Waals surface area (Å²) in [5.41, 5.74) is 0.667. The molecule has 0 bridgehead atoms. The molecule has 2 aromatic rings. The zero-order chi connectivity index (χ0) is 15.5. The van der Waals surface area contributed by atoms with Gasteiger partial charge in [0.2, 0.25) is 11.8 Å². The number of aryl methyl sites for hydroxylation is 1. The predicted molar refractivity (Wildman–Crippen MR) is 80.7 cm³/mol. The number of hydrogen-bond donors (Lipinski definition) is 1. The first kappa shape index (κ1) is 15.3. The number of oxazole rings is 1. The first-order valence-corrected chi connectivity index (χ1v) is 7.63. The molecular weight excluding hydrogens is 286 g/mol. The molecule has 0 aliphatic heterocycles. The van der Waals surface area contributed by atoms with E-state index in [0.29, 0.717) is 23.8 Å². The fraction of sp³-hybridized carbons (Fsp3) is 0.400. The van der Waals surface area contributed by atoms with Crippen molar-refractivity contribution in [3.8, 4) is 17.5 Å². The molecule has 0 fully saturated rings. The molecule has 1 amide bonds. The van der Waals surface area contributed by atoms with Crippen LogP contribution in [0.4, 0.5) is 0 Å². The van der Waals surface area contributed by atoms with Crippen LogP contribution in [0.15, 0.2) is 21.2 Å². The standard InChI is InChI=1S/C15H17N3O2S/c1-4-15(3,9-16)18-13(19)7-12-10(2)20-14(17-12)11-5-6-21-8-11/h5-6,8H,4,7H2,1-3H3,(H,18,19). The highest BCUT2D eigenvalue weighted by Gasteiger charge is 2.24. The van der Waals surface area contributed by atoms with Gasteiger partial charge in [-0.2, -0.15) is 16.6 Å². The van der Waals surface area contributed by atoms with Gasteiger partial charge in [-0.1, -0.05) is 6.92 Å². The lowest BCUT2D eigenvalue weighted by Gasteiger charge is -2.20. The van der Waals surface area contributed by atoms with Gasteiger partial charge in [-0.15, -0.1) is 0 Å². The van der Waals surface area contributed by atoms with Crippen LogP contribution in [0.1, 0.15) is 31.7 Å². The van der Waals surface area contributed by atoms with Crippen LogP contribution in [-0.2, 0) is 11.2 Å². The van der Waals surface area contributed by atoms with Gasteiger partial charge in [0, 0.05) is 10.9 Å². The second kappa shape index (κ2) is 6.10. The third-order valence-electron chi connectivity index (χ3n) is 3.36. The van der Waals surface area contributed by atoms with E-state index in [4.69, 9.17) is 9.68 Å². The average molecular weight is 303 g/mol. The van der Waals surface area contributed by atoms with Crippen LogP contribution in [0.3, 0.4) is 0 Å². The van der Waals surface area contributed by atoms with Gasteiger partial charge >= 0.3 is 0 Å². The molecule has 2 aromatic heterocycles. The van der Waals surface area contributed by atoms with Crippen LogP contribution >= 0.6 is 11.3 Å². The highest BCUT2D eigenvalue weighted by atomic mass is 32.1. The van der Waals surface area contributed by atoms with E-state index in [9.17, 15) is 4.79 Å². The minimum absolute atomic E-state index is 0.108. The third kappa shape index (κ3) is 3.50. The fourth-order valence-electron chi connectivity index (χ4n) is 1.80. The number of nitrogens with zero attached hydrogens (tertiary/aromatic N) is 2. The van der Waals surface area contributed by atoms with Gasteiger partial charge in [-0.25, -0.2) is 4.98 Å². The Kier molecular flexibility index (Phi) is 4.43. The highest BCUT2D eigenvalue weighted by molar-refractivity contribution is 7.08. The number of amides is 1. The number of carbonyl (C=O) groups excluding carboxylic acids is 1. The minimum atomic E-state index is -0.842. The maximum atomic E-state index is 12.1. The SMILES string of the molecule is CCC(C)(C#N)NC(=O)Cc1nc(-c2ccsc2)oc1C. The molecule has 0 saturated heterocycles. The fourth-order valence-corrected chi connectivity index (χ4v) is 2.43. The second-order valence-corrected chi connectivity index (χ2v) is 5.84. The van der Waals surface area contributed by atoms with E-state index in [1.165, 1.54) is 0 Å². The van der Waals surface area contributed by atoms with Crippen molar-refractivity contribution in [1.29, 1.82) is 5.26 Å². The van der Waals surface area contributed by atoms with Crippen LogP contribution in [0.5, 0.6) is 0 Å². The molecule has 6 heteroatoms. The molecule has 2 heterocycles. The van der Waals surface area contributed by atoms with E-state index >= 15 is 0 Å². The lowest BCUT2D eigenvalue weighted by molar-refractivity contribution is -0.121. The van der Waals surface area contributed by atoms with Gasteiger partial charge in [-0.05, 0) is 31.7 Å². The summed E-state index contributed by atoms with van der Waals surface area (Å²) in [6, 6.07) is 4.03. The van der Waals surface area contributed by atoms with Crippen LogP contribution in [0.25, 0.3) is 11.5 Å². The lowest BCUT2D eigenvalue weighted by Crippen LogP contribution is -2.45. The Morgan fingerprint density at radius 2 is 2.38 bits per heavy atom. The van der Waals surface area contributed by atoms with E-state index in [1.807, 2.05) is 23.8 Å². The van der Waals surface area contributed by atoms with Crippen molar-refractivity contribution < 1.29 is 9.21 Å². The van der Waals surface area contributed by atoms with E-state index in [0.717, 1.165) is 5.56 Å². The number of rotatable bonds is 5. The van der Waals surface area contributed by atoms with Crippen LogP contribution < -0.4 is 5.32 Å². The molecule has 21 heavy (non-hydrogen) atoms. The van der Waals surface area contributed by atoms with E-state index < -0.39 is 5.54 Å². The maximum Gasteiger partial charge on any atom is 0.227 e. The molecule has 1 N–H and O–H groups in total. The molecule has 0 spiro atoms. The Bertz CT molecular complexity index is 670. The van der Waals surface area contributed by atoms with Crippen LogP contribution in [0.2, 0.25) is 0 Å². The van der Waals surface area contributed by atoms with E-state index in [-0.39, 0.29) is 12.3 Å². The number of hydrogen-bond acceptors (Lipinski definition) is 5. The molecule has 0 radical (unpaired) electrons. The average Bonchev–Trinajstić information content (AvgIpc) is 3.09. The van der Waals surface area contributed by atoms with Gasteiger partial charge in [0.15, 0.2) is 0 Å². The van der Waals surface area contributed by atoms with E-state index in [2.05, 4.69) is 16.4 Å². The number of nitrogens with one attached hydrogen (secondary N) is 1. The van der Waals surface area contributed by atoms with Gasteiger partial charge < -0.3 is 9.73 Å². The van der Waals surface area contributed by atoms with Crippen molar-refractivity contribution in [1.82, 2.24) is 10.3 Å². The minimum Gasteiger partial charge on any atom is -0.441 e. The van der Waals surface area contributed by atoms with Gasteiger partial charge in [-0.3, -0.25) is 4.79 Å². The number of nitriles is 1. The summed E-state index contributed by atoms with van der Waals surface area (Å²) in [5, 5.41) is 15.7. The summed E-state index contributed by atoms with van der Waals surface area (Å²) in [6.45, 7) is 5.35. The molecular formula is C15H17N3O2S. The Balaban J connectivity index is 2.10. The molecule has 2 rings (SSSR count). The van der Waals surface area contributed by atoms with Crippen molar-refractivity contribution in [3.05, 3.63) is 28.3 Å². The maximum absolute atomic E-state index is 12.1. The van der Waals surface area contributed by atoms with Gasteiger partial charge in [0.05, 0.1) is 18.2 Å². The zero-order valence-electron chi connectivity index (χ0n) is 12.3. The first-order chi connectivity index (χ1) is 9.97. The smallest absolute Gasteiger partial charge is 0.227 e. The van der Waals surface area contributed by atoms with Crippen LogP contribution in [-0.4, -0.2) is 16.4 Å². The van der Waals surface area contributed by atoms with Gasteiger partial charge in [0.1, 0.15) is 11.3 Å². The largest absolute Gasteiger partial charge is 0.441 e. The summed E-state index contributed by atoms with van der Waals surface area (Å²) >= 11 is 1.56. The highest BCUT2D eigenvalue weighted by Crippen LogP contribution is 2.24. The normalized spacial score (nSPS) is 13.4. The summed E-state index contributed by atoms with van der Waals surface area (Å²) in [7, 11) is 0. The molecule has 0 aliphatic carbocycles.